The number of ketones is 1. The average Bonchev–Trinajstić information content (AvgIpc) is 2.69. The fraction of sp³-hybridized carbons (Fsp3) is 0.250. The lowest BCUT2D eigenvalue weighted by molar-refractivity contribution is -0.148. The topological polar surface area (TPSA) is 72.5 Å². The zero-order valence-electron chi connectivity index (χ0n) is 14.9. The van der Waals surface area contributed by atoms with Crippen LogP contribution in [-0.4, -0.2) is 30.5 Å². The first-order valence-electron chi connectivity index (χ1n) is 8.32. The van der Waals surface area contributed by atoms with Crippen molar-refractivity contribution in [3.63, 3.8) is 0 Å². The summed E-state index contributed by atoms with van der Waals surface area (Å²) in [6.07, 6.45) is 1.93. The quantitative estimate of drug-likeness (QED) is 0.389. The largest absolute Gasteiger partial charge is 0.456 e. The van der Waals surface area contributed by atoms with Crippen LogP contribution in [0.2, 0.25) is 5.02 Å². The van der Waals surface area contributed by atoms with Gasteiger partial charge in [-0.15, -0.1) is 11.8 Å². The number of benzene rings is 2. The SMILES string of the molecule is CSc1ccc(C(=O)CCC(=O)OCC(=O)NCc2ccccc2Cl)cc1. The van der Waals surface area contributed by atoms with Crippen LogP contribution in [0.3, 0.4) is 0 Å². The molecule has 27 heavy (non-hydrogen) atoms. The summed E-state index contributed by atoms with van der Waals surface area (Å²) < 4.78 is 4.91. The Morgan fingerprint density at radius 3 is 2.41 bits per heavy atom. The molecule has 2 aromatic rings. The van der Waals surface area contributed by atoms with Crippen LogP contribution in [-0.2, 0) is 20.9 Å². The van der Waals surface area contributed by atoms with Crippen molar-refractivity contribution in [1.82, 2.24) is 5.32 Å². The molecule has 0 atom stereocenters. The van der Waals surface area contributed by atoms with Crippen molar-refractivity contribution in [2.24, 2.45) is 0 Å². The third-order valence-electron chi connectivity index (χ3n) is 3.77. The van der Waals surface area contributed by atoms with Gasteiger partial charge >= 0.3 is 5.97 Å². The predicted octanol–water partition coefficient (Wildman–Crippen LogP) is 3.88. The van der Waals surface area contributed by atoms with Gasteiger partial charge in [-0.05, 0) is 30.0 Å². The lowest BCUT2D eigenvalue weighted by Crippen LogP contribution is -2.28. The molecule has 0 spiro atoms. The number of ether oxygens (including phenoxy) is 1. The van der Waals surface area contributed by atoms with Crippen molar-refractivity contribution >= 4 is 41.0 Å². The van der Waals surface area contributed by atoms with Gasteiger partial charge in [0.25, 0.3) is 5.91 Å². The Kier molecular flexibility index (Phi) is 8.36. The standard InChI is InChI=1S/C20H20ClNO4S/c1-27-16-8-6-14(7-9-16)18(23)10-11-20(25)26-13-19(24)22-12-15-4-2-3-5-17(15)21/h2-9H,10-13H2,1H3,(H,22,24). The first-order valence-corrected chi connectivity index (χ1v) is 9.93. The number of Topliss-reactive ketones (excluding diaryl/α,β-unsaturated/α-hetero) is 1. The number of hydrogen-bond donors (Lipinski definition) is 1. The van der Waals surface area contributed by atoms with Crippen molar-refractivity contribution in [1.29, 1.82) is 0 Å². The monoisotopic (exact) mass is 405 g/mol. The second kappa shape index (κ2) is 10.7. The molecule has 0 aliphatic rings. The molecule has 0 aromatic heterocycles. The van der Waals surface area contributed by atoms with E-state index in [1.807, 2.05) is 24.5 Å². The molecule has 5 nitrogen and oxygen atoms in total. The number of thioether (sulfide) groups is 1. The van der Waals surface area contributed by atoms with Gasteiger partial charge in [-0.3, -0.25) is 14.4 Å². The van der Waals surface area contributed by atoms with Gasteiger partial charge in [-0.25, -0.2) is 0 Å². The summed E-state index contributed by atoms with van der Waals surface area (Å²) in [5.74, 6) is -1.15. The smallest absolute Gasteiger partial charge is 0.306 e. The molecule has 142 valence electrons. The molecule has 0 fully saturated rings. The van der Waals surface area contributed by atoms with E-state index in [2.05, 4.69) is 5.32 Å². The van der Waals surface area contributed by atoms with Gasteiger partial charge in [0.2, 0.25) is 0 Å². The van der Waals surface area contributed by atoms with Gasteiger partial charge in [0, 0.05) is 28.4 Å². The Hall–Kier alpha value is -2.31. The van der Waals surface area contributed by atoms with Crippen molar-refractivity contribution in [2.75, 3.05) is 12.9 Å². The van der Waals surface area contributed by atoms with Crippen LogP contribution >= 0.6 is 23.4 Å². The summed E-state index contributed by atoms with van der Waals surface area (Å²) >= 11 is 7.59. The van der Waals surface area contributed by atoms with E-state index in [0.717, 1.165) is 10.5 Å². The molecule has 0 saturated carbocycles. The second-order valence-electron chi connectivity index (χ2n) is 5.68. The van der Waals surface area contributed by atoms with Crippen LogP contribution in [0, 0.1) is 0 Å². The molecule has 1 N–H and O–H groups in total. The number of carbonyl (C=O) groups is 3. The first kappa shape index (κ1) is 21.0. The van der Waals surface area contributed by atoms with E-state index in [-0.39, 0.29) is 31.8 Å². The average molecular weight is 406 g/mol. The fourth-order valence-corrected chi connectivity index (χ4v) is 2.85. The number of rotatable bonds is 9. The zero-order valence-corrected chi connectivity index (χ0v) is 16.4. The van der Waals surface area contributed by atoms with Crippen molar-refractivity contribution in [3.8, 4) is 0 Å². The third kappa shape index (κ3) is 7.07. The molecular formula is C20H20ClNO4S. The minimum atomic E-state index is -0.586. The molecule has 0 heterocycles. The minimum absolute atomic E-state index is 0.0404. The van der Waals surface area contributed by atoms with E-state index < -0.39 is 11.9 Å². The molecule has 1 amide bonds. The predicted molar refractivity (Wildman–Crippen MR) is 106 cm³/mol. The lowest BCUT2D eigenvalue weighted by atomic mass is 10.1. The summed E-state index contributed by atoms with van der Waals surface area (Å²) in [7, 11) is 0. The van der Waals surface area contributed by atoms with Crippen LogP contribution in [0.1, 0.15) is 28.8 Å². The van der Waals surface area contributed by atoms with E-state index >= 15 is 0 Å². The normalized spacial score (nSPS) is 10.3. The van der Waals surface area contributed by atoms with Gasteiger partial charge < -0.3 is 10.1 Å². The highest BCUT2D eigenvalue weighted by Gasteiger charge is 2.12. The summed E-state index contributed by atoms with van der Waals surface area (Å²) in [6, 6.07) is 14.3. The molecule has 0 radical (unpaired) electrons. The highest BCUT2D eigenvalue weighted by atomic mass is 35.5. The van der Waals surface area contributed by atoms with Crippen molar-refractivity contribution < 1.29 is 19.1 Å². The van der Waals surface area contributed by atoms with E-state index in [9.17, 15) is 14.4 Å². The van der Waals surface area contributed by atoms with Crippen molar-refractivity contribution in [2.45, 2.75) is 24.3 Å². The summed E-state index contributed by atoms with van der Waals surface area (Å²) in [5.41, 5.74) is 1.33. The number of halogens is 1. The highest BCUT2D eigenvalue weighted by molar-refractivity contribution is 7.98. The van der Waals surface area contributed by atoms with Gasteiger partial charge in [0.1, 0.15) is 0 Å². The highest BCUT2D eigenvalue weighted by Crippen LogP contribution is 2.16. The molecule has 0 aliphatic heterocycles. The molecule has 2 rings (SSSR count). The van der Waals surface area contributed by atoms with Crippen LogP contribution in [0.5, 0.6) is 0 Å². The van der Waals surface area contributed by atoms with Gasteiger partial charge in [-0.1, -0.05) is 41.9 Å². The van der Waals surface area contributed by atoms with E-state index in [4.69, 9.17) is 16.3 Å². The third-order valence-corrected chi connectivity index (χ3v) is 4.88. The molecule has 0 bridgehead atoms. The van der Waals surface area contributed by atoms with Crippen LogP contribution in [0.15, 0.2) is 53.4 Å². The maximum atomic E-state index is 12.1. The van der Waals surface area contributed by atoms with Gasteiger partial charge in [0.15, 0.2) is 12.4 Å². The minimum Gasteiger partial charge on any atom is -0.456 e. The van der Waals surface area contributed by atoms with Crippen molar-refractivity contribution in [3.05, 3.63) is 64.7 Å². The van der Waals surface area contributed by atoms with Crippen LogP contribution < -0.4 is 5.32 Å². The number of esters is 1. The molecule has 2 aromatic carbocycles. The summed E-state index contributed by atoms with van der Waals surface area (Å²) in [5, 5.41) is 3.18. The number of hydrogen-bond acceptors (Lipinski definition) is 5. The molecule has 0 aliphatic carbocycles. The Morgan fingerprint density at radius 1 is 1.04 bits per heavy atom. The Labute approximate surface area is 167 Å². The molecule has 7 heteroatoms. The zero-order chi connectivity index (χ0) is 19.6. The van der Waals surface area contributed by atoms with Crippen LogP contribution in [0.4, 0.5) is 0 Å². The second-order valence-corrected chi connectivity index (χ2v) is 6.97. The Balaban J connectivity index is 1.68. The maximum Gasteiger partial charge on any atom is 0.306 e. The van der Waals surface area contributed by atoms with Crippen LogP contribution in [0.25, 0.3) is 0 Å². The molecule has 0 unspecified atom stereocenters. The van der Waals surface area contributed by atoms with E-state index in [1.165, 1.54) is 0 Å². The molecular weight excluding hydrogens is 386 g/mol. The van der Waals surface area contributed by atoms with Gasteiger partial charge in [-0.2, -0.15) is 0 Å². The number of carbonyl (C=O) groups excluding carboxylic acids is 3. The number of nitrogens with one attached hydrogen (secondary N) is 1. The summed E-state index contributed by atoms with van der Waals surface area (Å²) in [6.45, 7) is -0.138. The Morgan fingerprint density at radius 2 is 1.74 bits per heavy atom. The lowest BCUT2D eigenvalue weighted by Gasteiger charge is -2.08. The molecule has 0 saturated heterocycles. The van der Waals surface area contributed by atoms with Gasteiger partial charge in [0.05, 0.1) is 6.42 Å². The Bertz CT molecular complexity index is 808. The maximum absolute atomic E-state index is 12.1. The van der Waals surface area contributed by atoms with E-state index in [1.54, 1.807) is 42.1 Å². The van der Waals surface area contributed by atoms with E-state index in [0.29, 0.717) is 10.6 Å². The summed E-state index contributed by atoms with van der Waals surface area (Å²) in [4.78, 5) is 36.6. The fourth-order valence-electron chi connectivity index (χ4n) is 2.24. The number of amides is 1. The first-order chi connectivity index (χ1) is 13.0.